The first kappa shape index (κ1) is 21.1. The fourth-order valence-corrected chi connectivity index (χ4v) is 8.59. The van der Waals surface area contributed by atoms with E-state index in [0.29, 0.717) is 31.0 Å². The molecular weight excluding hydrogens is 350 g/mol. The molecule has 7 atom stereocenters. The van der Waals surface area contributed by atoms with Gasteiger partial charge in [0.05, 0.1) is 18.8 Å². The normalized spacial score (nSPS) is 48.2. The first-order valence-electron chi connectivity index (χ1n) is 12.0. The van der Waals surface area contributed by atoms with Gasteiger partial charge >= 0.3 is 0 Å². The molecule has 0 spiro atoms. The van der Waals surface area contributed by atoms with Gasteiger partial charge in [0.15, 0.2) is 0 Å². The van der Waals surface area contributed by atoms with Crippen molar-refractivity contribution in [2.24, 2.45) is 34.5 Å². The fraction of sp³-hybridized carbons (Fsp3) is 1.00. The van der Waals surface area contributed by atoms with Gasteiger partial charge in [0, 0.05) is 25.0 Å². The van der Waals surface area contributed by atoms with Crippen LogP contribution in [-0.4, -0.2) is 58.7 Å². The van der Waals surface area contributed by atoms with Gasteiger partial charge < -0.3 is 15.3 Å². The smallest absolute Gasteiger partial charge is 0.0830 e. The van der Waals surface area contributed by atoms with Gasteiger partial charge in [-0.2, -0.15) is 0 Å². The Bertz CT molecular complexity index is 550. The van der Waals surface area contributed by atoms with Crippen LogP contribution in [0.2, 0.25) is 0 Å². The second-order valence-electron chi connectivity index (χ2n) is 11.2. The van der Waals surface area contributed by atoms with Crippen LogP contribution in [0.3, 0.4) is 0 Å². The molecule has 4 saturated carbocycles. The van der Waals surface area contributed by atoms with Crippen molar-refractivity contribution >= 4 is 0 Å². The highest BCUT2D eigenvalue weighted by Gasteiger charge is 2.64. The lowest BCUT2D eigenvalue weighted by Gasteiger charge is -2.61. The SMILES string of the molecule is C[C@@]12CCCCC1CCC1C2CC[C@]2(C)C1CC[C@]2(O)CN(CCO)CCO. The van der Waals surface area contributed by atoms with E-state index in [1.165, 1.54) is 44.9 Å². The Balaban J connectivity index is 1.54. The van der Waals surface area contributed by atoms with Crippen LogP contribution in [0.4, 0.5) is 0 Å². The molecule has 0 amide bonds. The Morgan fingerprint density at radius 3 is 2.25 bits per heavy atom. The maximum absolute atomic E-state index is 11.9. The van der Waals surface area contributed by atoms with Gasteiger partial charge in [0.25, 0.3) is 0 Å². The van der Waals surface area contributed by atoms with Gasteiger partial charge in [-0.05, 0) is 80.5 Å². The molecule has 0 aromatic heterocycles. The number of rotatable bonds is 6. The molecule has 3 N–H and O–H groups in total. The van der Waals surface area contributed by atoms with Crippen molar-refractivity contribution in [3.63, 3.8) is 0 Å². The van der Waals surface area contributed by atoms with Crippen molar-refractivity contribution in [2.45, 2.75) is 83.7 Å². The summed E-state index contributed by atoms with van der Waals surface area (Å²) in [7, 11) is 0. The largest absolute Gasteiger partial charge is 0.395 e. The molecule has 0 aromatic rings. The molecule has 0 heterocycles. The quantitative estimate of drug-likeness (QED) is 0.647. The Morgan fingerprint density at radius 1 is 0.821 bits per heavy atom. The summed E-state index contributed by atoms with van der Waals surface area (Å²) in [5.74, 6) is 3.23. The molecule has 28 heavy (non-hydrogen) atoms. The third kappa shape index (κ3) is 3.18. The van der Waals surface area contributed by atoms with Gasteiger partial charge in [0.2, 0.25) is 0 Å². The van der Waals surface area contributed by atoms with E-state index in [-0.39, 0.29) is 18.6 Å². The van der Waals surface area contributed by atoms with E-state index in [2.05, 4.69) is 18.7 Å². The average molecular weight is 394 g/mol. The molecule has 4 fully saturated rings. The monoisotopic (exact) mass is 393 g/mol. The van der Waals surface area contributed by atoms with Gasteiger partial charge in [-0.3, -0.25) is 4.90 Å². The van der Waals surface area contributed by atoms with Crippen molar-refractivity contribution in [3.8, 4) is 0 Å². The van der Waals surface area contributed by atoms with Crippen LogP contribution < -0.4 is 0 Å². The number of aliphatic hydroxyl groups is 3. The molecule has 0 bridgehead atoms. The van der Waals surface area contributed by atoms with Crippen molar-refractivity contribution in [2.75, 3.05) is 32.8 Å². The molecule has 4 aliphatic rings. The summed E-state index contributed by atoms with van der Waals surface area (Å²) < 4.78 is 0. The third-order valence-corrected chi connectivity index (χ3v) is 10.2. The van der Waals surface area contributed by atoms with E-state index >= 15 is 0 Å². The van der Waals surface area contributed by atoms with E-state index in [1.54, 1.807) is 0 Å². The Hall–Kier alpha value is -0.160. The topological polar surface area (TPSA) is 63.9 Å². The minimum Gasteiger partial charge on any atom is -0.395 e. The van der Waals surface area contributed by atoms with Crippen molar-refractivity contribution in [3.05, 3.63) is 0 Å². The van der Waals surface area contributed by atoms with Crippen molar-refractivity contribution < 1.29 is 15.3 Å². The minimum atomic E-state index is -0.683. The van der Waals surface area contributed by atoms with Crippen LogP contribution in [-0.2, 0) is 0 Å². The molecule has 4 nitrogen and oxygen atoms in total. The summed E-state index contributed by atoms with van der Waals surface area (Å²) in [4.78, 5) is 2.07. The number of hydrogen-bond acceptors (Lipinski definition) is 4. The van der Waals surface area contributed by atoms with Crippen LogP contribution >= 0.6 is 0 Å². The van der Waals surface area contributed by atoms with Crippen LogP contribution in [0.25, 0.3) is 0 Å². The Kier molecular flexibility index (Phi) is 5.90. The third-order valence-electron chi connectivity index (χ3n) is 10.2. The predicted octanol–water partition coefficient (Wildman–Crippen LogP) is 3.44. The molecule has 4 aliphatic carbocycles. The highest BCUT2D eigenvalue weighted by atomic mass is 16.3. The maximum Gasteiger partial charge on any atom is 0.0830 e. The van der Waals surface area contributed by atoms with E-state index in [0.717, 1.165) is 37.0 Å². The standard InChI is InChI=1S/C24H43NO3/c1-22-10-4-3-5-18(22)6-7-19-20(22)8-11-23(2)21(19)9-12-24(23,28)17-25(13-15-26)14-16-27/h18-21,26-28H,3-17H2,1-2H3/t18?,19?,20?,21?,22-,23-,24+/m1/s1. The average Bonchev–Trinajstić information content (AvgIpc) is 2.93. The van der Waals surface area contributed by atoms with Gasteiger partial charge in [-0.1, -0.05) is 26.7 Å². The first-order chi connectivity index (χ1) is 13.4. The minimum absolute atomic E-state index is 0.0187. The summed E-state index contributed by atoms with van der Waals surface area (Å²) in [6.07, 6.45) is 13.0. The molecular formula is C24H43NO3. The summed E-state index contributed by atoms with van der Waals surface area (Å²) >= 11 is 0. The molecule has 0 radical (unpaired) electrons. The Labute approximate surface area is 171 Å². The number of hydrogen-bond donors (Lipinski definition) is 3. The lowest BCUT2D eigenvalue weighted by molar-refractivity contribution is -0.158. The van der Waals surface area contributed by atoms with Crippen LogP contribution in [0, 0.1) is 34.5 Å². The number of aliphatic hydroxyl groups excluding tert-OH is 2. The van der Waals surface area contributed by atoms with Crippen LogP contribution in [0.15, 0.2) is 0 Å². The van der Waals surface area contributed by atoms with E-state index < -0.39 is 5.60 Å². The number of fused-ring (bicyclic) bond motifs is 5. The molecule has 4 rings (SSSR count). The zero-order valence-electron chi connectivity index (χ0n) is 18.2. The second kappa shape index (κ2) is 7.83. The highest BCUT2D eigenvalue weighted by Crippen LogP contribution is 2.68. The summed E-state index contributed by atoms with van der Waals surface area (Å²) in [6.45, 7) is 6.82. The molecule has 0 aliphatic heterocycles. The zero-order chi connectivity index (χ0) is 20.0. The fourth-order valence-electron chi connectivity index (χ4n) is 8.59. The predicted molar refractivity (Wildman–Crippen MR) is 112 cm³/mol. The maximum atomic E-state index is 11.9. The zero-order valence-corrected chi connectivity index (χ0v) is 18.2. The van der Waals surface area contributed by atoms with E-state index in [9.17, 15) is 15.3 Å². The van der Waals surface area contributed by atoms with Crippen molar-refractivity contribution in [1.29, 1.82) is 0 Å². The Morgan fingerprint density at radius 2 is 1.54 bits per heavy atom. The number of nitrogens with zero attached hydrogens (tertiary/aromatic N) is 1. The molecule has 0 aromatic carbocycles. The van der Waals surface area contributed by atoms with E-state index in [1.807, 2.05) is 0 Å². The molecule has 4 heteroatoms. The molecule has 0 saturated heterocycles. The lowest BCUT2D eigenvalue weighted by Crippen LogP contribution is -2.59. The second-order valence-corrected chi connectivity index (χ2v) is 11.2. The summed E-state index contributed by atoms with van der Waals surface area (Å²) in [5.41, 5.74) is -0.157. The van der Waals surface area contributed by atoms with E-state index in [4.69, 9.17) is 0 Å². The van der Waals surface area contributed by atoms with Gasteiger partial charge in [-0.15, -0.1) is 0 Å². The molecule has 162 valence electrons. The lowest BCUT2D eigenvalue weighted by atomic mass is 9.44. The first-order valence-corrected chi connectivity index (χ1v) is 12.0. The highest BCUT2D eigenvalue weighted by molar-refractivity contribution is 5.14. The van der Waals surface area contributed by atoms with Crippen LogP contribution in [0.1, 0.15) is 78.1 Å². The van der Waals surface area contributed by atoms with Crippen molar-refractivity contribution in [1.82, 2.24) is 4.90 Å². The van der Waals surface area contributed by atoms with Gasteiger partial charge in [-0.25, -0.2) is 0 Å². The van der Waals surface area contributed by atoms with Crippen LogP contribution in [0.5, 0.6) is 0 Å². The van der Waals surface area contributed by atoms with Gasteiger partial charge in [0.1, 0.15) is 0 Å². The molecule has 4 unspecified atom stereocenters. The summed E-state index contributed by atoms with van der Waals surface area (Å²) in [6, 6.07) is 0. The summed E-state index contributed by atoms with van der Waals surface area (Å²) in [5, 5.41) is 30.7.